The van der Waals surface area contributed by atoms with Gasteiger partial charge in [-0.1, -0.05) is 30.7 Å². The van der Waals surface area contributed by atoms with E-state index in [4.69, 9.17) is 0 Å². The Hall–Kier alpha value is -4.86. The Morgan fingerprint density at radius 1 is 0.583 bits per heavy atom. The van der Waals surface area contributed by atoms with Crippen molar-refractivity contribution in [3.63, 3.8) is 0 Å². The second kappa shape index (κ2) is 14.9. The van der Waals surface area contributed by atoms with Crippen molar-refractivity contribution in [2.75, 3.05) is 46.6 Å². The summed E-state index contributed by atoms with van der Waals surface area (Å²) in [6.45, 7) is 4.31. The van der Waals surface area contributed by atoms with Gasteiger partial charge >= 0.3 is 0 Å². The SMILES string of the molecule is O=C(Cc1cccc(N2CCCC2)c1)Nc1ccc([C@H]2CCC[C@H](c3ccc(NC(=O)Cc4cccc(N5CCCC5)c4)nn3)C2)nn1. The number of rotatable bonds is 10. The molecule has 0 bridgehead atoms. The molecule has 248 valence electrons. The zero-order chi connectivity index (χ0) is 32.7. The maximum atomic E-state index is 12.8. The first-order chi connectivity index (χ1) is 23.6. The van der Waals surface area contributed by atoms with Crippen molar-refractivity contribution in [2.45, 2.75) is 76.0 Å². The largest absolute Gasteiger partial charge is 0.372 e. The van der Waals surface area contributed by atoms with Crippen LogP contribution >= 0.6 is 0 Å². The molecule has 2 amide bonds. The van der Waals surface area contributed by atoms with Gasteiger partial charge in [-0.15, -0.1) is 10.2 Å². The molecule has 0 radical (unpaired) electrons. The molecular weight excluding hydrogens is 600 g/mol. The van der Waals surface area contributed by atoms with E-state index >= 15 is 0 Å². The first-order valence-electron chi connectivity index (χ1n) is 17.5. The van der Waals surface area contributed by atoms with Crippen LogP contribution in [0.15, 0.2) is 72.8 Å². The zero-order valence-electron chi connectivity index (χ0n) is 27.5. The van der Waals surface area contributed by atoms with Crippen molar-refractivity contribution in [2.24, 2.45) is 0 Å². The highest BCUT2D eigenvalue weighted by Gasteiger charge is 2.27. The van der Waals surface area contributed by atoms with E-state index in [-0.39, 0.29) is 23.7 Å². The molecule has 4 heterocycles. The standard InChI is InChI=1S/C38H44N8O2/c47-37(24-27-8-5-12-31(22-27)45-18-1-2-19-45)39-35-16-14-33(41-43-35)29-10-7-11-30(26-29)34-15-17-36(44-42-34)40-38(48)25-28-9-6-13-32(23-28)46-20-3-4-21-46/h5-6,8-9,12-17,22-23,29-30H,1-4,7,10-11,18-21,24-26H2,(H,39,43,47)(H,40,44,48)/t29-,30-/m0/s1. The number of amides is 2. The van der Waals surface area contributed by atoms with Gasteiger partial charge < -0.3 is 20.4 Å². The van der Waals surface area contributed by atoms with E-state index in [2.05, 4.69) is 65.1 Å². The molecule has 2 N–H and O–H groups in total. The summed E-state index contributed by atoms with van der Waals surface area (Å²) < 4.78 is 0. The average Bonchev–Trinajstić information content (AvgIpc) is 3.85. The number of carbonyl (C=O) groups is 2. The molecule has 1 saturated carbocycles. The Balaban J connectivity index is 0.897. The summed E-state index contributed by atoms with van der Waals surface area (Å²) in [5.41, 5.74) is 6.22. The zero-order valence-corrected chi connectivity index (χ0v) is 27.5. The summed E-state index contributed by atoms with van der Waals surface area (Å²) >= 11 is 0. The van der Waals surface area contributed by atoms with E-state index in [0.717, 1.165) is 74.4 Å². The molecule has 2 aromatic carbocycles. The van der Waals surface area contributed by atoms with Gasteiger partial charge in [-0.2, -0.15) is 10.2 Å². The minimum absolute atomic E-state index is 0.0988. The molecule has 48 heavy (non-hydrogen) atoms. The highest BCUT2D eigenvalue weighted by Crippen LogP contribution is 2.40. The Kier molecular flexibility index (Phi) is 9.86. The van der Waals surface area contributed by atoms with Crippen molar-refractivity contribution in [3.8, 4) is 0 Å². The minimum atomic E-state index is -0.0988. The van der Waals surface area contributed by atoms with Gasteiger partial charge in [0, 0.05) is 49.4 Å². The van der Waals surface area contributed by atoms with E-state index in [0.29, 0.717) is 24.5 Å². The quantitative estimate of drug-likeness (QED) is 0.208. The summed E-state index contributed by atoms with van der Waals surface area (Å²) in [5.74, 6) is 1.25. The molecule has 7 rings (SSSR count). The van der Waals surface area contributed by atoms with E-state index in [1.165, 1.54) is 37.1 Å². The van der Waals surface area contributed by atoms with Gasteiger partial charge in [0.15, 0.2) is 11.6 Å². The molecule has 1 aliphatic carbocycles. The summed E-state index contributed by atoms with van der Waals surface area (Å²) in [7, 11) is 0. The second-order valence-corrected chi connectivity index (χ2v) is 13.4. The number of nitrogens with zero attached hydrogens (tertiary/aromatic N) is 6. The number of hydrogen-bond donors (Lipinski definition) is 2. The van der Waals surface area contributed by atoms with Crippen LogP contribution in [0.25, 0.3) is 0 Å². The number of carbonyl (C=O) groups excluding carboxylic acids is 2. The Morgan fingerprint density at radius 3 is 1.46 bits per heavy atom. The lowest BCUT2D eigenvalue weighted by atomic mass is 9.78. The lowest BCUT2D eigenvalue weighted by molar-refractivity contribution is -0.116. The molecule has 2 aliphatic heterocycles. The monoisotopic (exact) mass is 644 g/mol. The van der Waals surface area contributed by atoms with Crippen LogP contribution in [0.1, 0.15) is 85.7 Å². The highest BCUT2D eigenvalue weighted by molar-refractivity contribution is 5.92. The number of nitrogens with one attached hydrogen (secondary N) is 2. The molecular formula is C38H44N8O2. The lowest BCUT2D eigenvalue weighted by Gasteiger charge is -2.28. The van der Waals surface area contributed by atoms with Gasteiger partial charge in [0.05, 0.1) is 24.2 Å². The van der Waals surface area contributed by atoms with E-state index < -0.39 is 0 Å². The molecule has 3 fully saturated rings. The van der Waals surface area contributed by atoms with Crippen molar-refractivity contribution < 1.29 is 9.59 Å². The predicted octanol–water partition coefficient (Wildman–Crippen LogP) is 6.27. The minimum Gasteiger partial charge on any atom is -0.372 e. The summed E-state index contributed by atoms with van der Waals surface area (Å²) in [5, 5.41) is 23.5. The van der Waals surface area contributed by atoms with E-state index in [1.807, 2.05) is 48.5 Å². The fourth-order valence-corrected chi connectivity index (χ4v) is 7.40. The summed E-state index contributed by atoms with van der Waals surface area (Å²) in [6, 6.07) is 24.2. The Labute approximate surface area is 282 Å². The maximum absolute atomic E-state index is 12.8. The van der Waals surface area contributed by atoms with Gasteiger partial charge in [0.1, 0.15) is 0 Å². The molecule has 10 heteroatoms. The number of benzene rings is 2. The fraction of sp³-hybridized carbons (Fsp3) is 0.421. The molecule has 2 atom stereocenters. The van der Waals surface area contributed by atoms with Crippen LogP contribution in [-0.2, 0) is 22.4 Å². The van der Waals surface area contributed by atoms with Crippen LogP contribution in [-0.4, -0.2) is 58.4 Å². The van der Waals surface area contributed by atoms with Crippen LogP contribution in [0, 0.1) is 0 Å². The highest BCUT2D eigenvalue weighted by atomic mass is 16.2. The van der Waals surface area contributed by atoms with Crippen LogP contribution in [0.2, 0.25) is 0 Å². The molecule has 0 unspecified atom stereocenters. The Morgan fingerprint density at radius 2 is 1.04 bits per heavy atom. The fourth-order valence-electron chi connectivity index (χ4n) is 7.40. The smallest absolute Gasteiger partial charge is 0.229 e. The molecule has 0 spiro atoms. The van der Waals surface area contributed by atoms with Gasteiger partial charge in [0.2, 0.25) is 11.8 Å². The van der Waals surface area contributed by atoms with Crippen molar-refractivity contribution in [3.05, 3.63) is 95.3 Å². The van der Waals surface area contributed by atoms with Gasteiger partial charge in [-0.25, -0.2) is 0 Å². The van der Waals surface area contributed by atoms with Gasteiger partial charge in [-0.05, 0) is 105 Å². The number of hydrogen-bond acceptors (Lipinski definition) is 8. The van der Waals surface area contributed by atoms with Crippen LogP contribution in [0.4, 0.5) is 23.0 Å². The van der Waals surface area contributed by atoms with E-state index in [9.17, 15) is 9.59 Å². The number of anilines is 4. The Bertz CT molecular complexity index is 1570. The van der Waals surface area contributed by atoms with Crippen molar-refractivity contribution in [1.82, 2.24) is 20.4 Å². The summed E-state index contributed by atoms with van der Waals surface area (Å²) in [6.07, 6.45) is 9.51. The van der Waals surface area contributed by atoms with Crippen molar-refractivity contribution in [1.29, 1.82) is 0 Å². The van der Waals surface area contributed by atoms with Crippen LogP contribution < -0.4 is 20.4 Å². The molecule has 4 aromatic rings. The molecule has 10 nitrogen and oxygen atoms in total. The van der Waals surface area contributed by atoms with Gasteiger partial charge in [-0.3, -0.25) is 9.59 Å². The molecule has 2 aromatic heterocycles. The topological polar surface area (TPSA) is 116 Å². The first kappa shape index (κ1) is 31.7. The lowest BCUT2D eigenvalue weighted by Crippen LogP contribution is -2.19. The van der Waals surface area contributed by atoms with Crippen LogP contribution in [0.3, 0.4) is 0 Å². The second-order valence-electron chi connectivity index (χ2n) is 13.4. The van der Waals surface area contributed by atoms with Gasteiger partial charge in [0.25, 0.3) is 0 Å². The molecule has 2 saturated heterocycles. The van der Waals surface area contributed by atoms with E-state index in [1.54, 1.807) is 0 Å². The third-order valence-electron chi connectivity index (χ3n) is 9.91. The maximum Gasteiger partial charge on any atom is 0.229 e. The predicted molar refractivity (Wildman–Crippen MR) is 188 cm³/mol. The number of aromatic nitrogens is 4. The summed E-state index contributed by atoms with van der Waals surface area (Å²) in [4.78, 5) is 30.3. The third-order valence-corrected chi connectivity index (χ3v) is 9.91. The normalized spacial score (nSPS) is 19.3. The first-order valence-corrected chi connectivity index (χ1v) is 17.5. The van der Waals surface area contributed by atoms with Crippen LogP contribution in [0.5, 0.6) is 0 Å². The average molecular weight is 645 g/mol. The third kappa shape index (κ3) is 7.98. The molecule has 3 aliphatic rings. The van der Waals surface area contributed by atoms with Crippen molar-refractivity contribution >= 4 is 34.8 Å².